The Morgan fingerprint density at radius 2 is 1.79 bits per heavy atom. The first-order valence-electron chi connectivity index (χ1n) is 9.72. The second-order valence-corrected chi connectivity index (χ2v) is 8.48. The van der Waals surface area contributed by atoms with Crippen LogP contribution in [0.2, 0.25) is 0 Å². The molecule has 2 aromatic carbocycles. The number of carbonyl (C=O) groups is 1. The van der Waals surface area contributed by atoms with Gasteiger partial charge in [0.05, 0.1) is 0 Å². The van der Waals surface area contributed by atoms with E-state index in [1.807, 2.05) is 30.3 Å². The van der Waals surface area contributed by atoms with Crippen LogP contribution in [0.15, 0.2) is 65.9 Å². The van der Waals surface area contributed by atoms with E-state index in [9.17, 15) is 9.18 Å². The molecule has 3 aromatic rings. The summed E-state index contributed by atoms with van der Waals surface area (Å²) >= 11 is 0. The summed E-state index contributed by atoms with van der Waals surface area (Å²) < 4.78 is 15.3. The Kier molecular flexibility index (Phi) is 3.91. The van der Waals surface area contributed by atoms with Gasteiger partial charge in [-0.1, -0.05) is 56.3 Å². The third-order valence-electron chi connectivity index (χ3n) is 5.55. The predicted molar refractivity (Wildman–Crippen MR) is 109 cm³/mol. The monoisotopic (exact) mass is 388 g/mol. The van der Waals surface area contributed by atoms with Gasteiger partial charge in [0.15, 0.2) is 11.6 Å². The normalized spacial score (nSPS) is 20.1. The van der Waals surface area contributed by atoms with Crippen molar-refractivity contribution in [3.8, 4) is 11.4 Å². The van der Waals surface area contributed by atoms with Gasteiger partial charge in [-0.3, -0.25) is 4.79 Å². The maximum Gasteiger partial charge on any atom is 0.226 e. The zero-order chi connectivity index (χ0) is 20.2. The number of Topliss-reactive ketones (excluding diaryl/α,β-unsaturated/α-hetero) is 1. The molecule has 0 bridgehead atoms. The second-order valence-electron chi connectivity index (χ2n) is 8.48. The Bertz CT molecular complexity index is 1130. The molecule has 0 unspecified atom stereocenters. The first-order valence-corrected chi connectivity index (χ1v) is 9.72. The van der Waals surface area contributed by atoms with Gasteiger partial charge in [0.2, 0.25) is 5.95 Å². The van der Waals surface area contributed by atoms with E-state index in [0.29, 0.717) is 23.8 Å². The number of aromatic nitrogens is 3. The lowest BCUT2D eigenvalue weighted by Crippen LogP contribution is -2.36. The number of ketones is 1. The lowest BCUT2D eigenvalue weighted by Gasteiger charge is -2.38. The topological polar surface area (TPSA) is 59.8 Å². The molecule has 29 heavy (non-hydrogen) atoms. The number of hydrogen-bond acceptors (Lipinski definition) is 4. The summed E-state index contributed by atoms with van der Waals surface area (Å²) in [4.78, 5) is 17.8. The molecular weight excluding hydrogens is 367 g/mol. The smallest absolute Gasteiger partial charge is 0.226 e. The molecule has 0 fully saturated rings. The Morgan fingerprint density at radius 1 is 1.07 bits per heavy atom. The summed E-state index contributed by atoms with van der Waals surface area (Å²) in [7, 11) is 0. The molecule has 1 aromatic heterocycles. The van der Waals surface area contributed by atoms with E-state index in [1.54, 1.807) is 16.8 Å². The van der Waals surface area contributed by atoms with Crippen molar-refractivity contribution in [1.82, 2.24) is 14.8 Å². The average Bonchev–Trinajstić information content (AvgIpc) is 3.10. The van der Waals surface area contributed by atoms with Gasteiger partial charge in [-0.05, 0) is 29.5 Å². The number of nitrogens with one attached hydrogen (secondary N) is 1. The summed E-state index contributed by atoms with van der Waals surface area (Å²) in [6.45, 7) is 4.19. The van der Waals surface area contributed by atoms with Crippen molar-refractivity contribution in [1.29, 1.82) is 0 Å². The largest absolute Gasteiger partial charge is 0.328 e. The van der Waals surface area contributed by atoms with Crippen molar-refractivity contribution in [3.05, 3.63) is 77.2 Å². The molecule has 2 heterocycles. The number of fused-ring (bicyclic) bond motifs is 1. The zero-order valence-electron chi connectivity index (χ0n) is 16.3. The molecule has 2 aliphatic rings. The highest BCUT2D eigenvalue weighted by Crippen LogP contribution is 2.45. The molecule has 1 N–H and O–H groups in total. The Labute approximate surface area is 168 Å². The van der Waals surface area contributed by atoms with E-state index < -0.39 is 6.04 Å². The number of nitrogens with zero attached hydrogens (tertiary/aromatic N) is 3. The standard InChI is InChI=1S/C23H21FN4O/c1-23(2)12-17-19(18(29)13-23)20(14-8-10-16(24)11-9-14)28-22(25-17)26-21(27-28)15-6-4-3-5-7-15/h3-11,20H,12-13H2,1-2H3,(H,25,26,27)/t20-/m0/s1. The highest BCUT2D eigenvalue weighted by Gasteiger charge is 2.41. The third kappa shape index (κ3) is 3.05. The van der Waals surface area contributed by atoms with Crippen molar-refractivity contribution in [2.75, 3.05) is 5.32 Å². The van der Waals surface area contributed by atoms with E-state index in [1.165, 1.54) is 12.1 Å². The fraction of sp³-hybridized carbons (Fsp3) is 0.261. The van der Waals surface area contributed by atoms with Crippen LogP contribution in [-0.4, -0.2) is 20.5 Å². The molecule has 5 nitrogen and oxygen atoms in total. The molecule has 0 amide bonds. The maximum atomic E-state index is 13.6. The van der Waals surface area contributed by atoms with Crippen molar-refractivity contribution in [2.24, 2.45) is 5.41 Å². The number of hydrogen-bond donors (Lipinski definition) is 1. The van der Waals surface area contributed by atoms with Crippen LogP contribution in [0.3, 0.4) is 0 Å². The van der Waals surface area contributed by atoms with Gasteiger partial charge in [-0.15, -0.1) is 5.10 Å². The minimum Gasteiger partial charge on any atom is -0.328 e. The maximum absolute atomic E-state index is 13.6. The molecule has 1 aliphatic heterocycles. The highest BCUT2D eigenvalue weighted by molar-refractivity contribution is 6.00. The minimum atomic E-state index is -0.421. The second kappa shape index (κ2) is 6.37. The first kappa shape index (κ1) is 17.8. The molecule has 1 aliphatic carbocycles. The van der Waals surface area contributed by atoms with Gasteiger partial charge >= 0.3 is 0 Å². The Hall–Kier alpha value is -3.28. The predicted octanol–water partition coefficient (Wildman–Crippen LogP) is 4.74. The van der Waals surface area contributed by atoms with Gasteiger partial charge in [0.1, 0.15) is 11.9 Å². The fourth-order valence-corrected chi connectivity index (χ4v) is 4.27. The van der Waals surface area contributed by atoms with Crippen LogP contribution in [0, 0.1) is 11.2 Å². The molecule has 146 valence electrons. The van der Waals surface area contributed by atoms with Crippen LogP contribution in [-0.2, 0) is 4.79 Å². The molecule has 6 heteroatoms. The summed E-state index contributed by atoms with van der Waals surface area (Å²) in [5.41, 5.74) is 3.19. The fourth-order valence-electron chi connectivity index (χ4n) is 4.27. The SMILES string of the molecule is CC1(C)CC(=O)C2=C(C1)Nc1nc(-c3ccccc3)nn1[C@H]2c1ccc(F)cc1. The first-order chi connectivity index (χ1) is 13.9. The van der Waals surface area contributed by atoms with Crippen LogP contribution >= 0.6 is 0 Å². The lowest BCUT2D eigenvalue weighted by molar-refractivity contribution is -0.118. The summed E-state index contributed by atoms with van der Waals surface area (Å²) in [6, 6.07) is 15.6. The molecule has 1 atom stereocenters. The summed E-state index contributed by atoms with van der Waals surface area (Å²) in [5, 5.41) is 8.09. The average molecular weight is 388 g/mol. The number of halogens is 1. The lowest BCUT2D eigenvalue weighted by atomic mass is 9.73. The number of allylic oxidation sites excluding steroid dienone is 2. The molecular formula is C23H21FN4O. The zero-order valence-corrected chi connectivity index (χ0v) is 16.3. The van der Waals surface area contributed by atoms with Crippen molar-refractivity contribution >= 4 is 11.7 Å². The van der Waals surface area contributed by atoms with Crippen LogP contribution in [0.4, 0.5) is 10.3 Å². The van der Waals surface area contributed by atoms with E-state index in [4.69, 9.17) is 10.1 Å². The van der Waals surface area contributed by atoms with Crippen LogP contribution in [0.25, 0.3) is 11.4 Å². The number of rotatable bonds is 2. The van der Waals surface area contributed by atoms with Crippen LogP contribution in [0.1, 0.15) is 38.3 Å². The van der Waals surface area contributed by atoms with Crippen LogP contribution in [0.5, 0.6) is 0 Å². The quantitative estimate of drug-likeness (QED) is 0.689. The molecule has 0 saturated heterocycles. The van der Waals surface area contributed by atoms with E-state index in [-0.39, 0.29) is 17.0 Å². The number of anilines is 1. The Morgan fingerprint density at radius 3 is 2.52 bits per heavy atom. The van der Waals surface area contributed by atoms with Gasteiger partial charge < -0.3 is 5.32 Å². The van der Waals surface area contributed by atoms with Crippen molar-refractivity contribution in [2.45, 2.75) is 32.7 Å². The van der Waals surface area contributed by atoms with Crippen molar-refractivity contribution in [3.63, 3.8) is 0 Å². The molecule has 0 spiro atoms. The van der Waals surface area contributed by atoms with Gasteiger partial charge in [-0.25, -0.2) is 9.07 Å². The highest BCUT2D eigenvalue weighted by atomic mass is 19.1. The van der Waals surface area contributed by atoms with E-state index >= 15 is 0 Å². The Balaban J connectivity index is 1.69. The van der Waals surface area contributed by atoms with Crippen molar-refractivity contribution < 1.29 is 9.18 Å². The summed E-state index contributed by atoms with van der Waals surface area (Å²) in [5.74, 6) is 0.978. The van der Waals surface area contributed by atoms with Gasteiger partial charge in [0, 0.05) is 23.3 Å². The third-order valence-corrected chi connectivity index (χ3v) is 5.55. The van der Waals surface area contributed by atoms with Gasteiger partial charge in [-0.2, -0.15) is 4.98 Å². The van der Waals surface area contributed by atoms with E-state index in [0.717, 1.165) is 23.2 Å². The molecule has 0 radical (unpaired) electrons. The summed E-state index contributed by atoms with van der Waals surface area (Å²) in [6.07, 6.45) is 1.22. The molecule has 5 rings (SSSR count). The van der Waals surface area contributed by atoms with Gasteiger partial charge in [0.25, 0.3) is 0 Å². The molecule has 0 saturated carbocycles. The minimum absolute atomic E-state index is 0.0977. The number of carbonyl (C=O) groups excluding carboxylic acids is 1. The van der Waals surface area contributed by atoms with E-state index in [2.05, 4.69) is 19.2 Å². The van der Waals surface area contributed by atoms with Crippen LogP contribution < -0.4 is 5.32 Å². The number of benzene rings is 2.